The molecule has 0 aliphatic carbocycles. The van der Waals surface area contributed by atoms with Crippen molar-refractivity contribution in [3.05, 3.63) is 34.6 Å². The van der Waals surface area contributed by atoms with Gasteiger partial charge in [-0.1, -0.05) is 0 Å². The van der Waals surface area contributed by atoms with E-state index in [2.05, 4.69) is 15.3 Å². The number of anilines is 1. The summed E-state index contributed by atoms with van der Waals surface area (Å²) < 4.78 is 0. The number of rotatable bonds is 2. The van der Waals surface area contributed by atoms with Crippen molar-refractivity contribution in [2.45, 2.75) is 13.8 Å². The van der Waals surface area contributed by atoms with Gasteiger partial charge in [0.05, 0.1) is 11.3 Å². The molecule has 0 aliphatic heterocycles. The summed E-state index contributed by atoms with van der Waals surface area (Å²) in [4.78, 5) is 18.9. The second-order valence-corrected chi connectivity index (χ2v) is 4.12. The summed E-state index contributed by atoms with van der Waals surface area (Å²) in [5, 5.41) is 5.29. The first-order chi connectivity index (χ1) is 7.16. The number of aromatic amines is 1. The van der Waals surface area contributed by atoms with E-state index in [0.29, 0.717) is 10.7 Å². The Balaban J connectivity index is 2.14. The van der Waals surface area contributed by atoms with Gasteiger partial charge in [-0.15, -0.1) is 11.3 Å². The van der Waals surface area contributed by atoms with Crippen LogP contribution in [0.15, 0.2) is 17.6 Å². The molecule has 0 spiro atoms. The molecule has 1 amide bonds. The Bertz CT molecular complexity index is 486. The molecule has 0 saturated heterocycles. The Hall–Kier alpha value is -1.62. The molecule has 2 aromatic heterocycles. The highest BCUT2D eigenvalue weighted by atomic mass is 32.1. The van der Waals surface area contributed by atoms with Crippen LogP contribution in [0.3, 0.4) is 0 Å². The average molecular weight is 221 g/mol. The van der Waals surface area contributed by atoms with E-state index in [9.17, 15) is 4.79 Å². The minimum atomic E-state index is -0.122. The lowest BCUT2D eigenvalue weighted by atomic mass is 10.2. The molecule has 2 rings (SSSR count). The van der Waals surface area contributed by atoms with Crippen LogP contribution >= 0.6 is 11.3 Å². The van der Waals surface area contributed by atoms with Crippen LogP contribution in [0.4, 0.5) is 5.13 Å². The van der Waals surface area contributed by atoms with Crippen LogP contribution < -0.4 is 5.32 Å². The van der Waals surface area contributed by atoms with Crippen molar-refractivity contribution in [1.82, 2.24) is 9.97 Å². The number of carbonyl (C=O) groups excluding carboxylic acids is 1. The van der Waals surface area contributed by atoms with Crippen LogP contribution in [0.5, 0.6) is 0 Å². The van der Waals surface area contributed by atoms with Gasteiger partial charge in [-0.25, -0.2) is 4.98 Å². The summed E-state index contributed by atoms with van der Waals surface area (Å²) in [6.45, 7) is 3.76. The molecule has 4 nitrogen and oxygen atoms in total. The van der Waals surface area contributed by atoms with Gasteiger partial charge in [0.25, 0.3) is 5.91 Å². The molecule has 0 fully saturated rings. The summed E-state index contributed by atoms with van der Waals surface area (Å²) in [5.74, 6) is -0.122. The number of hydrogen-bond acceptors (Lipinski definition) is 3. The van der Waals surface area contributed by atoms with Crippen molar-refractivity contribution >= 4 is 22.4 Å². The van der Waals surface area contributed by atoms with Gasteiger partial charge >= 0.3 is 0 Å². The topological polar surface area (TPSA) is 57.8 Å². The van der Waals surface area contributed by atoms with E-state index in [0.717, 1.165) is 11.4 Å². The highest BCUT2D eigenvalue weighted by molar-refractivity contribution is 7.13. The van der Waals surface area contributed by atoms with E-state index < -0.39 is 0 Å². The Morgan fingerprint density at radius 2 is 2.33 bits per heavy atom. The van der Waals surface area contributed by atoms with E-state index in [-0.39, 0.29) is 5.91 Å². The lowest BCUT2D eigenvalue weighted by molar-refractivity contribution is 0.102. The van der Waals surface area contributed by atoms with Crippen molar-refractivity contribution < 1.29 is 4.79 Å². The molecule has 78 valence electrons. The summed E-state index contributed by atoms with van der Waals surface area (Å²) in [7, 11) is 0. The number of nitrogens with one attached hydrogen (secondary N) is 2. The van der Waals surface area contributed by atoms with Gasteiger partial charge in [-0.2, -0.15) is 0 Å². The van der Waals surface area contributed by atoms with Gasteiger partial charge in [0.2, 0.25) is 0 Å². The van der Waals surface area contributed by atoms with Crippen LogP contribution in [0.1, 0.15) is 21.7 Å². The Kier molecular flexibility index (Phi) is 2.55. The van der Waals surface area contributed by atoms with Crippen LogP contribution in [-0.2, 0) is 0 Å². The third-order valence-electron chi connectivity index (χ3n) is 2.04. The predicted octanol–water partition coefficient (Wildman–Crippen LogP) is 2.34. The average Bonchev–Trinajstić information content (AvgIpc) is 2.75. The van der Waals surface area contributed by atoms with Crippen LogP contribution in [0.2, 0.25) is 0 Å². The molecule has 0 atom stereocenters. The number of amides is 1. The highest BCUT2D eigenvalue weighted by Gasteiger charge is 2.10. The van der Waals surface area contributed by atoms with Gasteiger partial charge in [-0.3, -0.25) is 10.1 Å². The predicted molar refractivity (Wildman–Crippen MR) is 60.3 cm³/mol. The Labute approximate surface area is 91.4 Å². The number of carbonyl (C=O) groups is 1. The number of aromatic nitrogens is 2. The van der Waals surface area contributed by atoms with Gasteiger partial charge in [0, 0.05) is 17.3 Å². The molecule has 2 aromatic rings. The van der Waals surface area contributed by atoms with Crippen molar-refractivity contribution in [2.24, 2.45) is 0 Å². The molecular formula is C10H11N3OS. The molecule has 0 aromatic carbocycles. The quantitative estimate of drug-likeness (QED) is 0.817. The SMILES string of the molecule is Cc1csc(NC(=O)c2cc[nH]c2C)n1. The fourth-order valence-corrected chi connectivity index (χ4v) is 1.96. The molecule has 5 heteroatoms. The first kappa shape index (κ1) is 9.92. The summed E-state index contributed by atoms with van der Waals surface area (Å²) >= 11 is 1.43. The molecule has 0 bridgehead atoms. The van der Waals surface area contributed by atoms with Crippen molar-refractivity contribution in [3.8, 4) is 0 Å². The van der Waals surface area contributed by atoms with Crippen molar-refractivity contribution in [1.29, 1.82) is 0 Å². The molecule has 0 radical (unpaired) electrons. The number of nitrogens with zero attached hydrogens (tertiary/aromatic N) is 1. The largest absolute Gasteiger partial charge is 0.365 e. The summed E-state index contributed by atoms with van der Waals surface area (Å²) in [5.41, 5.74) is 2.43. The molecule has 2 N–H and O–H groups in total. The number of hydrogen-bond donors (Lipinski definition) is 2. The molecule has 0 aliphatic rings. The zero-order valence-electron chi connectivity index (χ0n) is 8.50. The van der Waals surface area contributed by atoms with Gasteiger partial charge in [0.1, 0.15) is 0 Å². The second-order valence-electron chi connectivity index (χ2n) is 3.26. The minimum absolute atomic E-state index is 0.122. The number of aryl methyl sites for hydroxylation is 2. The maximum atomic E-state index is 11.7. The fourth-order valence-electron chi connectivity index (χ4n) is 1.27. The van der Waals surface area contributed by atoms with Crippen LogP contribution in [0.25, 0.3) is 0 Å². The molecule has 15 heavy (non-hydrogen) atoms. The first-order valence-corrected chi connectivity index (χ1v) is 5.42. The van der Waals surface area contributed by atoms with Crippen molar-refractivity contribution in [2.75, 3.05) is 5.32 Å². The lowest BCUT2D eigenvalue weighted by Crippen LogP contribution is -2.12. The smallest absolute Gasteiger partial charge is 0.259 e. The third kappa shape index (κ3) is 2.07. The lowest BCUT2D eigenvalue weighted by Gasteiger charge is -1.99. The standard InChI is InChI=1S/C10H11N3OS/c1-6-5-15-10(12-6)13-9(14)8-3-4-11-7(8)2/h3-5,11H,1-2H3,(H,12,13,14). The van der Waals surface area contributed by atoms with Crippen LogP contribution in [0, 0.1) is 13.8 Å². The monoisotopic (exact) mass is 221 g/mol. The van der Waals surface area contributed by atoms with Gasteiger partial charge in [-0.05, 0) is 19.9 Å². The third-order valence-corrected chi connectivity index (χ3v) is 2.91. The minimum Gasteiger partial charge on any atom is -0.365 e. The molecular weight excluding hydrogens is 210 g/mol. The first-order valence-electron chi connectivity index (χ1n) is 4.54. The fraction of sp³-hybridized carbons (Fsp3) is 0.200. The summed E-state index contributed by atoms with van der Waals surface area (Å²) in [6, 6.07) is 1.76. The van der Waals surface area contributed by atoms with Gasteiger partial charge < -0.3 is 4.98 Å². The maximum absolute atomic E-state index is 11.7. The highest BCUT2D eigenvalue weighted by Crippen LogP contribution is 2.16. The van der Waals surface area contributed by atoms with Crippen LogP contribution in [-0.4, -0.2) is 15.9 Å². The normalized spacial score (nSPS) is 10.3. The molecule has 0 unspecified atom stereocenters. The molecule has 2 heterocycles. The van der Waals surface area contributed by atoms with Crippen molar-refractivity contribution in [3.63, 3.8) is 0 Å². The Morgan fingerprint density at radius 1 is 1.53 bits per heavy atom. The maximum Gasteiger partial charge on any atom is 0.259 e. The van der Waals surface area contributed by atoms with E-state index >= 15 is 0 Å². The molecule has 0 saturated carbocycles. The zero-order chi connectivity index (χ0) is 10.8. The van der Waals surface area contributed by atoms with E-state index in [4.69, 9.17) is 0 Å². The van der Waals surface area contributed by atoms with E-state index in [1.165, 1.54) is 11.3 Å². The van der Waals surface area contributed by atoms with Gasteiger partial charge in [0.15, 0.2) is 5.13 Å². The zero-order valence-corrected chi connectivity index (χ0v) is 9.31. The summed E-state index contributed by atoms with van der Waals surface area (Å²) in [6.07, 6.45) is 1.75. The number of thiazole rings is 1. The van der Waals surface area contributed by atoms with E-state index in [1.807, 2.05) is 19.2 Å². The Morgan fingerprint density at radius 3 is 2.87 bits per heavy atom. The number of H-pyrrole nitrogens is 1. The van der Waals surface area contributed by atoms with E-state index in [1.54, 1.807) is 12.3 Å². The second kappa shape index (κ2) is 3.86.